The van der Waals surface area contributed by atoms with Crippen molar-refractivity contribution in [2.24, 2.45) is 5.11 Å². The SMILES string of the molecule is [N-]=[N+]=Nc1cccc(Oc2c3ccccc3cc[n+]2Cc2ccccc2)c1. The molecule has 3 aromatic carbocycles. The highest BCUT2D eigenvalue weighted by Crippen LogP contribution is 2.29. The van der Waals surface area contributed by atoms with Crippen molar-refractivity contribution in [2.75, 3.05) is 0 Å². The smallest absolute Gasteiger partial charge is 0.381 e. The molecule has 0 fully saturated rings. The van der Waals surface area contributed by atoms with Gasteiger partial charge in [0.25, 0.3) is 0 Å². The average Bonchev–Trinajstić information content (AvgIpc) is 2.71. The van der Waals surface area contributed by atoms with Crippen LogP contribution in [0.25, 0.3) is 21.2 Å². The van der Waals surface area contributed by atoms with Crippen LogP contribution in [0, 0.1) is 0 Å². The monoisotopic (exact) mass is 353 g/mol. The van der Waals surface area contributed by atoms with Crippen LogP contribution in [-0.2, 0) is 6.54 Å². The minimum absolute atomic E-state index is 0.518. The lowest BCUT2D eigenvalue weighted by molar-refractivity contribution is -0.691. The summed E-state index contributed by atoms with van der Waals surface area (Å²) in [5.41, 5.74) is 10.4. The number of hydrogen-bond donors (Lipinski definition) is 0. The van der Waals surface area contributed by atoms with Gasteiger partial charge in [0.15, 0.2) is 12.7 Å². The number of benzene rings is 3. The lowest BCUT2D eigenvalue weighted by atomic mass is 10.1. The molecule has 4 aromatic rings. The molecule has 0 spiro atoms. The summed E-state index contributed by atoms with van der Waals surface area (Å²) in [6, 6.07) is 27.6. The van der Waals surface area contributed by atoms with Gasteiger partial charge < -0.3 is 4.74 Å². The van der Waals surface area contributed by atoms with Crippen molar-refractivity contribution in [3.8, 4) is 11.6 Å². The molecule has 130 valence electrons. The van der Waals surface area contributed by atoms with Crippen LogP contribution in [-0.4, -0.2) is 0 Å². The molecular formula is C22H17N4O+. The minimum Gasteiger partial charge on any atom is -0.405 e. The second-order valence-electron chi connectivity index (χ2n) is 6.11. The molecule has 0 amide bonds. The van der Waals surface area contributed by atoms with Crippen molar-refractivity contribution in [1.82, 2.24) is 0 Å². The second-order valence-corrected chi connectivity index (χ2v) is 6.11. The first kappa shape index (κ1) is 16.6. The van der Waals surface area contributed by atoms with Crippen LogP contribution in [0.4, 0.5) is 5.69 Å². The molecule has 0 aliphatic heterocycles. The van der Waals surface area contributed by atoms with Crippen LogP contribution in [0.1, 0.15) is 5.56 Å². The fourth-order valence-electron chi connectivity index (χ4n) is 3.02. The van der Waals surface area contributed by atoms with Crippen molar-refractivity contribution in [3.05, 3.63) is 107 Å². The fourth-order valence-corrected chi connectivity index (χ4v) is 3.02. The Kier molecular flexibility index (Phi) is 4.68. The van der Waals surface area contributed by atoms with Gasteiger partial charge in [-0.1, -0.05) is 65.8 Å². The molecule has 0 N–H and O–H groups in total. The van der Waals surface area contributed by atoms with E-state index in [9.17, 15) is 0 Å². The third-order valence-corrected chi connectivity index (χ3v) is 4.27. The zero-order valence-corrected chi connectivity index (χ0v) is 14.6. The Labute approximate surface area is 156 Å². The Morgan fingerprint density at radius 1 is 0.889 bits per heavy atom. The quantitative estimate of drug-likeness (QED) is 0.190. The molecule has 0 saturated carbocycles. The summed E-state index contributed by atoms with van der Waals surface area (Å²) >= 11 is 0. The van der Waals surface area contributed by atoms with E-state index < -0.39 is 0 Å². The summed E-state index contributed by atoms with van der Waals surface area (Å²) in [5, 5.41) is 5.77. The zero-order valence-electron chi connectivity index (χ0n) is 14.6. The highest BCUT2D eigenvalue weighted by Gasteiger charge is 2.18. The maximum Gasteiger partial charge on any atom is 0.381 e. The summed E-state index contributed by atoms with van der Waals surface area (Å²) in [6.45, 7) is 0.692. The molecule has 1 heterocycles. The van der Waals surface area contributed by atoms with Crippen molar-refractivity contribution >= 4 is 16.5 Å². The van der Waals surface area contributed by atoms with Crippen LogP contribution in [0.15, 0.2) is 96.2 Å². The van der Waals surface area contributed by atoms with Gasteiger partial charge in [-0.25, -0.2) is 0 Å². The number of pyridine rings is 1. The molecule has 1 aromatic heterocycles. The summed E-state index contributed by atoms with van der Waals surface area (Å²) in [6.07, 6.45) is 2.03. The minimum atomic E-state index is 0.518. The Bertz CT molecular complexity index is 1140. The van der Waals surface area contributed by atoms with Gasteiger partial charge in [0, 0.05) is 22.2 Å². The molecule has 5 nitrogen and oxygen atoms in total. The van der Waals surface area contributed by atoms with Crippen LogP contribution in [0.2, 0.25) is 0 Å². The third kappa shape index (κ3) is 3.73. The van der Waals surface area contributed by atoms with Gasteiger partial charge in [0.05, 0.1) is 5.39 Å². The molecule has 0 aliphatic carbocycles. The van der Waals surface area contributed by atoms with E-state index in [0.717, 1.165) is 16.7 Å². The molecule has 0 saturated heterocycles. The molecule has 4 rings (SSSR count). The van der Waals surface area contributed by atoms with Crippen LogP contribution >= 0.6 is 0 Å². The molecule has 0 unspecified atom stereocenters. The van der Waals surface area contributed by atoms with Gasteiger partial charge in [-0.3, -0.25) is 0 Å². The van der Waals surface area contributed by atoms with Crippen LogP contribution in [0.5, 0.6) is 11.6 Å². The first-order valence-corrected chi connectivity index (χ1v) is 8.61. The van der Waals surface area contributed by atoms with Crippen molar-refractivity contribution in [1.29, 1.82) is 0 Å². The summed E-state index contributed by atoms with van der Waals surface area (Å²) in [5.74, 6) is 1.37. The van der Waals surface area contributed by atoms with Gasteiger partial charge in [0.2, 0.25) is 0 Å². The number of aromatic nitrogens is 1. The Hall–Kier alpha value is -3.82. The lowest BCUT2D eigenvalue weighted by Gasteiger charge is -2.09. The summed E-state index contributed by atoms with van der Waals surface area (Å²) < 4.78 is 8.34. The molecule has 0 atom stereocenters. The highest BCUT2D eigenvalue weighted by molar-refractivity contribution is 5.85. The molecule has 5 heteroatoms. The summed E-state index contributed by atoms with van der Waals surface area (Å²) in [4.78, 5) is 2.84. The third-order valence-electron chi connectivity index (χ3n) is 4.27. The first-order chi connectivity index (χ1) is 13.3. The summed E-state index contributed by atoms with van der Waals surface area (Å²) in [7, 11) is 0. The average molecular weight is 353 g/mol. The normalized spacial score (nSPS) is 10.4. The van der Waals surface area contributed by atoms with Crippen LogP contribution in [0.3, 0.4) is 0 Å². The Morgan fingerprint density at radius 3 is 2.56 bits per heavy atom. The van der Waals surface area contributed by atoms with E-state index >= 15 is 0 Å². The zero-order chi connectivity index (χ0) is 18.5. The molecular weight excluding hydrogens is 336 g/mol. The molecule has 27 heavy (non-hydrogen) atoms. The van der Waals surface area contributed by atoms with Crippen LogP contribution < -0.4 is 9.30 Å². The molecule has 0 bridgehead atoms. The predicted octanol–water partition coefficient (Wildman–Crippen LogP) is 5.91. The fraction of sp³-hybridized carbons (Fsp3) is 0.0455. The standard InChI is InChI=1S/C22H17N4O/c23-25-24-19-10-6-11-20(15-19)27-22-21-12-5-4-9-18(21)13-14-26(22)16-17-7-2-1-3-8-17/h1-15H,16H2/q+1. The van der Waals surface area contributed by atoms with Crippen molar-refractivity contribution in [3.63, 3.8) is 0 Å². The van der Waals surface area contributed by atoms with E-state index in [1.54, 1.807) is 12.1 Å². The molecule has 0 aliphatic rings. The number of hydrogen-bond acceptors (Lipinski definition) is 2. The van der Waals surface area contributed by atoms with Gasteiger partial charge >= 0.3 is 5.88 Å². The van der Waals surface area contributed by atoms with E-state index in [2.05, 4.69) is 38.9 Å². The second kappa shape index (κ2) is 7.60. The van der Waals surface area contributed by atoms with E-state index in [-0.39, 0.29) is 0 Å². The maximum absolute atomic E-state index is 8.66. The lowest BCUT2D eigenvalue weighted by Crippen LogP contribution is -2.35. The number of azide groups is 1. The van der Waals surface area contributed by atoms with Gasteiger partial charge in [0.1, 0.15) is 5.75 Å². The maximum atomic E-state index is 8.66. The highest BCUT2D eigenvalue weighted by atomic mass is 16.5. The van der Waals surface area contributed by atoms with Crippen molar-refractivity contribution < 1.29 is 9.30 Å². The van der Waals surface area contributed by atoms with E-state index in [0.29, 0.717) is 18.0 Å². The van der Waals surface area contributed by atoms with Gasteiger partial charge in [-0.05, 0) is 29.1 Å². The Balaban J connectivity index is 1.80. The number of ether oxygens (including phenoxy) is 1. The van der Waals surface area contributed by atoms with Gasteiger partial charge in [-0.15, -0.1) is 0 Å². The first-order valence-electron chi connectivity index (χ1n) is 8.61. The Morgan fingerprint density at radius 2 is 1.70 bits per heavy atom. The van der Waals surface area contributed by atoms with Crippen molar-refractivity contribution in [2.45, 2.75) is 6.54 Å². The van der Waals surface area contributed by atoms with E-state index in [4.69, 9.17) is 10.3 Å². The largest absolute Gasteiger partial charge is 0.405 e. The van der Waals surface area contributed by atoms with Gasteiger partial charge in [-0.2, -0.15) is 4.57 Å². The number of nitrogens with zero attached hydrogens (tertiary/aromatic N) is 4. The number of fused-ring (bicyclic) bond motifs is 1. The molecule has 0 radical (unpaired) electrons. The topological polar surface area (TPSA) is 61.9 Å². The van der Waals surface area contributed by atoms with E-state index in [1.165, 1.54) is 5.56 Å². The predicted molar refractivity (Wildman–Crippen MR) is 105 cm³/mol. The van der Waals surface area contributed by atoms with E-state index in [1.807, 2.05) is 54.7 Å². The number of rotatable bonds is 5.